The third kappa shape index (κ3) is 2.04. The minimum absolute atomic E-state index is 0.168. The van der Waals surface area contributed by atoms with Crippen LogP contribution in [-0.4, -0.2) is 30.9 Å². The number of aromatic nitrogens is 3. The Bertz CT molecular complexity index is 641. The molecule has 2 aromatic heterocycles. The van der Waals surface area contributed by atoms with Crippen LogP contribution in [0.5, 0.6) is 0 Å². The normalized spacial score (nSPS) is 29.5. The molecule has 20 heavy (non-hydrogen) atoms. The number of carbonyl (C=O) groups excluding carboxylic acids is 1. The van der Waals surface area contributed by atoms with Gasteiger partial charge in [-0.25, -0.2) is 9.50 Å². The number of rotatable bonds is 2. The Morgan fingerprint density at radius 3 is 2.90 bits per heavy atom. The Morgan fingerprint density at radius 2 is 2.10 bits per heavy atom. The van der Waals surface area contributed by atoms with Gasteiger partial charge >= 0.3 is 0 Å². The zero-order valence-corrected chi connectivity index (χ0v) is 12.1. The van der Waals surface area contributed by atoms with Crippen molar-refractivity contribution in [2.24, 2.45) is 5.92 Å². The van der Waals surface area contributed by atoms with Gasteiger partial charge in [-0.3, -0.25) is 4.79 Å². The molecule has 5 heteroatoms. The first kappa shape index (κ1) is 12.4. The fourth-order valence-corrected chi connectivity index (χ4v) is 5.33. The lowest BCUT2D eigenvalue weighted by atomic mass is 9.85. The molecule has 0 spiro atoms. The van der Waals surface area contributed by atoms with Crippen molar-refractivity contribution >= 4 is 23.2 Å². The second kappa shape index (κ2) is 4.88. The fourth-order valence-electron chi connectivity index (χ4n) is 3.49. The van der Waals surface area contributed by atoms with Gasteiger partial charge in [0, 0.05) is 28.8 Å². The zero-order chi connectivity index (χ0) is 13.5. The molecule has 104 valence electrons. The van der Waals surface area contributed by atoms with Crippen molar-refractivity contribution in [3.05, 3.63) is 30.2 Å². The first-order chi connectivity index (χ1) is 9.81. The van der Waals surface area contributed by atoms with Gasteiger partial charge in [0.2, 0.25) is 0 Å². The quantitative estimate of drug-likeness (QED) is 0.797. The zero-order valence-electron chi connectivity index (χ0n) is 11.2. The van der Waals surface area contributed by atoms with Crippen LogP contribution in [0, 0.1) is 5.92 Å². The van der Waals surface area contributed by atoms with E-state index in [1.165, 1.54) is 19.3 Å². The van der Waals surface area contributed by atoms with E-state index in [1.54, 1.807) is 16.9 Å². The van der Waals surface area contributed by atoms with Gasteiger partial charge in [0.1, 0.15) is 0 Å². The van der Waals surface area contributed by atoms with Crippen molar-refractivity contribution in [2.45, 2.75) is 42.6 Å². The number of Topliss-reactive ketones (excluding diaryl/α,β-unsaturated/α-hetero) is 1. The molecule has 2 atom stereocenters. The van der Waals surface area contributed by atoms with Crippen molar-refractivity contribution in [1.29, 1.82) is 0 Å². The minimum atomic E-state index is 0.168. The summed E-state index contributed by atoms with van der Waals surface area (Å²) in [5.41, 5.74) is 1.39. The Labute approximate surface area is 122 Å². The number of nitrogens with zero attached hydrogens (tertiary/aromatic N) is 3. The minimum Gasteiger partial charge on any atom is -0.294 e. The molecule has 2 aromatic rings. The summed E-state index contributed by atoms with van der Waals surface area (Å²) in [4.78, 5) is 17.1. The van der Waals surface area contributed by atoms with Crippen molar-refractivity contribution in [1.82, 2.24) is 14.6 Å². The van der Waals surface area contributed by atoms with E-state index >= 15 is 0 Å². The highest BCUT2D eigenvalue weighted by Crippen LogP contribution is 2.44. The van der Waals surface area contributed by atoms with E-state index in [4.69, 9.17) is 0 Å². The maximum atomic E-state index is 12.8. The third-order valence-electron chi connectivity index (χ3n) is 4.45. The summed E-state index contributed by atoms with van der Waals surface area (Å²) in [5.74, 6) is 0.414. The predicted octanol–water partition coefficient (Wildman–Crippen LogP) is 2.98. The molecule has 0 amide bonds. The number of fused-ring (bicyclic) bond motifs is 3. The monoisotopic (exact) mass is 287 g/mol. The summed E-state index contributed by atoms with van der Waals surface area (Å²) >= 11 is 2.11. The van der Waals surface area contributed by atoms with Crippen LogP contribution in [0.4, 0.5) is 0 Å². The molecule has 2 aliphatic rings. The molecular weight excluding hydrogens is 270 g/mol. The molecule has 4 nitrogen and oxygen atoms in total. The van der Waals surface area contributed by atoms with Crippen LogP contribution in [0.3, 0.4) is 0 Å². The van der Waals surface area contributed by atoms with Crippen LogP contribution in [0.25, 0.3) is 5.65 Å². The Hall–Kier alpha value is -1.36. The molecule has 2 unspecified atom stereocenters. The summed E-state index contributed by atoms with van der Waals surface area (Å²) in [6.07, 6.45) is 11.2. The van der Waals surface area contributed by atoms with Crippen LogP contribution in [0.15, 0.2) is 24.7 Å². The summed E-state index contributed by atoms with van der Waals surface area (Å²) in [6, 6.07) is 1.83. The summed E-state index contributed by atoms with van der Waals surface area (Å²) in [7, 11) is 0. The van der Waals surface area contributed by atoms with E-state index in [0.717, 1.165) is 12.8 Å². The Morgan fingerprint density at radius 1 is 1.30 bits per heavy atom. The molecule has 4 heterocycles. The summed E-state index contributed by atoms with van der Waals surface area (Å²) in [5, 5.41) is 5.61. The lowest BCUT2D eigenvalue weighted by molar-refractivity contribution is 0.0898. The Kier molecular flexibility index (Phi) is 3.02. The maximum Gasteiger partial charge on any atom is 0.171 e. The first-order valence-electron chi connectivity index (χ1n) is 7.29. The lowest BCUT2D eigenvalue weighted by Crippen LogP contribution is -2.32. The van der Waals surface area contributed by atoms with Crippen LogP contribution < -0.4 is 0 Å². The number of hydrogen-bond donors (Lipinski definition) is 0. The van der Waals surface area contributed by atoms with Crippen LogP contribution in [-0.2, 0) is 0 Å². The second-order valence-corrected chi connectivity index (χ2v) is 7.40. The van der Waals surface area contributed by atoms with E-state index in [-0.39, 0.29) is 11.7 Å². The molecule has 0 N–H and O–H groups in total. The molecule has 2 aliphatic heterocycles. The van der Waals surface area contributed by atoms with E-state index < -0.39 is 0 Å². The smallest absolute Gasteiger partial charge is 0.171 e. The molecule has 0 aliphatic carbocycles. The van der Waals surface area contributed by atoms with Gasteiger partial charge in [0.25, 0.3) is 0 Å². The van der Waals surface area contributed by atoms with Gasteiger partial charge in [0.05, 0.1) is 11.8 Å². The molecule has 0 aromatic carbocycles. The topological polar surface area (TPSA) is 47.3 Å². The summed E-state index contributed by atoms with van der Waals surface area (Å²) in [6.45, 7) is 0. The number of thioether (sulfide) groups is 1. The van der Waals surface area contributed by atoms with Gasteiger partial charge in [-0.05, 0) is 31.7 Å². The average molecular weight is 287 g/mol. The first-order valence-corrected chi connectivity index (χ1v) is 8.23. The van der Waals surface area contributed by atoms with E-state index in [1.807, 2.05) is 12.3 Å². The number of carbonyl (C=O) groups is 1. The highest BCUT2D eigenvalue weighted by molar-refractivity contribution is 8.00. The van der Waals surface area contributed by atoms with Crippen LogP contribution in [0.2, 0.25) is 0 Å². The lowest BCUT2D eigenvalue weighted by Gasteiger charge is -2.37. The van der Waals surface area contributed by atoms with Crippen molar-refractivity contribution in [2.75, 3.05) is 0 Å². The van der Waals surface area contributed by atoms with Crippen LogP contribution >= 0.6 is 11.8 Å². The SMILES string of the molecule is O=C(c1cnn2cccnc12)C1CC2CCCC(C1)S2. The van der Waals surface area contributed by atoms with Gasteiger partial charge in [0.15, 0.2) is 11.4 Å². The number of ketones is 1. The fraction of sp³-hybridized carbons (Fsp3) is 0.533. The number of hydrogen-bond acceptors (Lipinski definition) is 4. The van der Waals surface area contributed by atoms with Gasteiger partial charge in [-0.2, -0.15) is 16.9 Å². The standard InChI is InChI=1S/C15H17N3OS/c19-14(10-7-11-3-1-4-12(8-10)20-11)13-9-17-18-6-2-5-16-15(13)18/h2,5-6,9-12H,1,3-4,7-8H2. The molecule has 2 saturated heterocycles. The molecule has 2 bridgehead atoms. The second-order valence-electron chi connectivity index (χ2n) is 5.79. The van der Waals surface area contributed by atoms with E-state index in [2.05, 4.69) is 21.8 Å². The van der Waals surface area contributed by atoms with Gasteiger partial charge in [-0.1, -0.05) is 6.42 Å². The molecule has 2 fully saturated rings. The highest BCUT2D eigenvalue weighted by atomic mass is 32.2. The van der Waals surface area contributed by atoms with Gasteiger partial charge < -0.3 is 0 Å². The molecular formula is C15H17N3OS. The largest absolute Gasteiger partial charge is 0.294 e. The Balaban J connectivity index is 1.63. The van der Waals surface area contributed by atoms with Crippen molar-refractivity contribution < 1.29 is 4.79 Å². The van der Waals surface area contributed by atoms with Crippen molar-refractivity contribution in [3.63, 3.8) is 0 Å². The maximum absolute atomic E-state index is 12.8. The average Bonchev–Trinajstić information content (AvgIpc) is 2.90. The predicted molar refractivity (Wildman–Crippen MR) is 79.1 cm³/mol. The van der Waals surface area contributed by atoms with Crippen LogP contribution in [0.1, 0.15) is 42.5 Å². The van der Waals surface area contributed by atoms with E-state index in [0.29, 0.717) is 21.7 Å². The third-order valence-corrected chi connectivity index (χ3v) is 6.07. The molecule has 4 rings (SSSR count). The van der Waals surface area contributed by atoms with Gasteiger partial charge in [-0.15, -0.1) is 0 Å². The summed E-state index contributed by atoms with van der Waals surface area (Å²) < 4.78 is 1.69. The molecule has 0 saturated carbocycles. The molecule has 0 radical (unpaired) electrons. The van der Waals surface area contributed by atoms with E-state index in [9.17, 15) is 4.79 Å². The van der Waals surface area contributed by atoms with Crippen molar-refractivity contribution in [3.8, 4) is 0 Å². The highest BCUT2D eigenvalue weighted by Gasteiger charge is 2.36.